The molecule has 0 spiro atoms. The summed E-state index contributed by atoms with van der Waals surface area (Å²) in [4.78, 5) is 15.4. The maximum atomic E-state index is 11.1. The normalized spacial score (nSPS) is 10.9. The third-order valence-electron chi connectivity index (χ3n) is 2.49. The third kappa shape index (κ3) is 2.55. The van der Waals surface area contributed by atoms with Crippen LogP contribution in [0.1, 0.15) is 36.0 Å². The Labute approximate surface area is 118 Å². The molecule has 4 nitrogen and oxygen atoms in total. The molecule has 0 aliphatic heterocycles. The monoisotopic (exact) mass is 357 g/mol. The van der Waals surface area contributed by atoms with Crippen LogP contribution in [0.25, 0.3) is 11.5 Å². The summed E-state index contributed by atoms with van der Waals surface area (Å²) in [6, 6.07) is 7.58. The van der Waals surface area contributed by atoms with Gasteiger partial charge in [-0.2, -0.15) is 0 Å². The summed E-state index contributed by atoms with van der Waals surface area (Å²) in [5.41, 5.74) is 1.26. The molecule has 1 aromatic heterocycles. The predicted molar refractivity (Wildman–Crippen MR) is 75.7 cm³/mol. The van der Waals surface area contributed by atoms with Crippen molar-refractivity contribution in [1.82, 2.24) is 4.98 Å². The quantitative estimate of drug-likeness (QED) is 0.850. The Bertz CT molecular complexity index is 572. The van der Waals surface area contributed by atoms with Gasteiger partial charge in [-0.1, -0.05) is 13.8 Å². The van der Waals surface area contributed by atoms with Crippen LogP contribution in [0.2, 0.25) is 0 Å². The minimum Gasteiger partial charge on any atom is -0.475 e. The summed E-state index contributed by atoms with van der Waals surface area (Å²) in [5.74, 6) is -0.786. The van der Waals surface area contributed by atoms with Crippen molar-refractivity contribution in [2.45, 2.75) is 19.8 Å². The van der Waals surface area contributed by atoms with Crippen LogP contribution >= 0.6 is 22.6 Å². The lowest BCUT2D eigenvalue weighted by Crippen LogP contribution is -2.01. The molecule has 0 saturated carbocycles. The van der Waals surface area contributed by atoms with Crippen molar-refractivity contribution in [1.29, 1.82) is 0 Å². The molecule has 0 radical (unpaired) electrons. The van der Waals surface area contributed by atoms with Gasteiger partial charge in [-0.15, -0.1) is 0 Å². The molecule has 0 atom stereocenters. The van der Waals surface area contributed by atoms with Gasteiger partial charge in [0.05, 0.1) is 5.69 Å². The molecule has 0 saturated heterocycles. The summed E-state index contributed by atoms with van der Waals surface area (Å²) < 4.78 is 6.45. The molecule has 1 N–H and O–H groups in total. The molecule has 94 valence electrons. The molecule has 18 heavy (non-hydrogen) atoms. The molecule has 1 aromatic carbocycles. The number of benzene rings is 1. The smallest absolute Gasteiger partial charge is 0.373 e. The standard InChI is InChI=1S/C13H12INO3/c1-7(2)10-11(13(16)17)18-12(15-10)8-3-5-9(14)6-4-8/h3-7H,1-2H3,(H,16,17). The number of carbonyl (C=O) groups is 1. The van der Waals surface area contributed by atoms with Crippen LogP contribution in [0.3, 0.4) is 0 Å². The molecule has 0 aliphatic carbocycles. The lowest BCUT2D eigenvalue weighted by Gasteiger charge is -1.98. The number of halogens is 1. The van der Waals surface area contributed by atoms with E-state index in [0.717, 1.165) is 9.13 Å². The zero-order chi connectivity index (χ0) is 13.3. The Morgan fingerprint density at radius 2 is 1.94 bits per heavy atom. The largest absolute Gasteiger partial charge is 0.475 e. The first-order chi connectivity index (χ1) is 8.49. The highest BCUT2D eigenvalue weighted by molar-refractivity contribution is 14.1. The average molecular weight is 357 g/mol. The maximum Gasteiger partial charge on any atom is 0.373 e. The Morgan fingerprint density at radius 1 is 1.33 bits per heavy atom. The number of hydrogen-bond acceptors (Lipinski definition) is 3. The lowest BCUT2D eigenvalue weighted by atomic mass is 10.1. The summed E-state index contributed by atoms with van der Waals surface area (Å²) in [7, 11) is 0. The molecule has 5 heteroatoms. The fourth-order valence-electron chi connectivity index (χ4n) is 1.59. The van der Waals surface area contributed by atoms with Crippen LogP contribution in [0.5, 0.6) is 0 Å². The van der Waals surface area contributed by atoms with Crippen LogP contribution in [-0.4, -0.2) is 16.1 Å². The van der Waals surface area contributed by atoms with Crippen LogP contribution in [0, 0.1) is 3.57 Å². The molecule has 0 aliphatic rings. The first kappa shape index (κ1) is 13.1. The van der Waals surface area contributed by atoms with E-state index in [1.165, 1.54) is 0 Å². The van der Waals surface area contributed by atoms with Gasteiger partial charge in [-0.3, -0.25) is 0 Å². The molecule has 0 bridgehead atoms. The van der Waals surface area contributed by atoms with E-state index in [0.29, 0.717) is 11.6 Å². The van der Waals surface area contributed by atoms with Gasteiger partial charge < -0.3 is 9.52 Å². The minimum atomic E-state index is -1.08. The molecule has 2 aromatic rings. The molecule has 2 rings (SSSR count). The second kappa shape index (κ2) is 5.09. The molecular weight excluding hydrogens is 345 g/mol. The first-order valence-corrected chi connectivity index (χ1v) is 6.57. The van der Waals surface area contributed by atoms with Gasteiger partial charge in [0, 0.05) is 9.13 Å². The number of carboxylic acids is 1. The topological polar surface area (TPSA) is 63.3 Å². The number of oxazole rings is 1. The van der Waals surface area contributed by atoms with Crippen LogP contribution in [0.15, 0.2) is 28.7 Å². The molecule has 0 fully saturated rings. The Kier molecular flexibility index (Phi) is 3.70. The van der Waals surface area contributed by atoms with Gasteiger partial charge in [0.2, 0.25) is 11.7 Å². The summed E-state index contributed by atoms with van der Waals surface area (Å²) in [5, 5.41) is 9.08. The second-order valence-corrected chi connectivity index (χ2v) is 5.45. The van der Waals surface area contributed by atoms with Gasteiger partial charge in [0.15, 0.2) is 0 Å². The zero-order valence-corrected chi connectivity index (χ0v) is 12.1. The van der Waals surface area contributed by atoms with Gasteiger partial charge in [-0.05, 0) is 52.8 Å². The van der Waals surface area contributed by atoms with E-state index in [1.54, 1.807) is 0 Å². The zero-order valence-electron chi connectivity index (χ0n) is 9.98. The highest BCUT2D eigenvalue weighted by Crippen LogP contribution is 2.26. The summed E-state index contributed by atoms with van der Waals surface area (Å²) >= 11 is 2.20. The van der Waals surface area contributed by atoms with Gasteiger partial charge >= 0.3 is 5.97 Å². The third-order valence-corrected chi connectivity index (χ3v) is 3.20. The van der Waals surface area contributed by atoms with Crippen molar-refractivity contribution in [3.63, 3.8) is 0 Å². The van der Waals surface area contributed by atoms with E-state index in [4.69, 9.17) is 9.52 Å². The fraction of sp³-hybridized carbons (Fsp3) is 0.231. The second-order valence-electron chi connectivity index (χ2n) is 4.20. The van der Waals surface area contributed by atoms with Crippen molar-refractivity contribution >= 4 is 28.6 Å². The Hall–Kier alpha value is -1.37. The van der Waals surface area contributed by atoms with E-state index in [-0.39, 0.29) is 11.7 Å². The van der Waals surface area contributed by atoms with E-state index < -0.39 is 5.97 Å². The lowest BCUT2D eigenvalue weighted by molar-refractivity contribution is 0.0661. The fourth-order valence-corrected chi connectivity index (χ4v) is 1.95. The number of rotatable bonds is 3. The van der Waals surface area contributed by atoms with Crippen molar-refractivity contribution in [2.24, 2.45) is 0 Å². The van der Waals surface area contributed by atoms with E-state index in [2.05, 4.69) is 27.6 Å². The van der Waals surface area contributed by atoms with E-state index in [9.17, 15) is 4.79 Å². The number of carboxylic acid groups (broad SMARTS) is 1. The summed E-state index contributed by atoms with van der Waals surface area (Å²) in [6.45, 7) is 3.78. The number of nitrogens with zero attached hydrogens (tertiary/aromatic N) is 1. The summed E-state index contributed by atoms with van der Waals surface area (Å²) in [6.07, 6.45) is 0. The van der Waals surface area contributed by atoms with Crippen LogP contribution < -0.4 is 0 Å². The average Bonchev–Trinajstić information content (AvgIpc) is 2.75. The van der Waals surface area contributed by atoms with Crippen molar-refractivity contribution in [2.75, 3.05) is 0 Å². The minimum absolute atomic E-state index is 0.0115. The number of hydrogen-bond donors (Lipinski definition) is 1. The molecule has 0 unspecified atom stereocenters. The first-order valence-electron chi connectivity index (χ1n) is 5.49. The van der Waals surface area contributed by atoms with E-state index >= 15 is 0 Å². The van der Waals surface area contributed by atoms with Gasteiger partial charge in [-0.25, -0.2) is 9.78 Å². The van der Waals surface area contributed by atoms with Crippen molar-refractivity contribution < 1.29 is 14.3 Å². The van der Waals surface area contributed by atoms with Crippen LogP contribution in [-0.2, 0) is 0 Å². The molecule has 0 amide bonds. The van der Waals surface area contributed by atoms with Crippen molar-refractivity contribution in [3.8, 4) is 11.5 Å². The predicted octanol–water partition coefficient (Wildman–Crippen LogP) is 3.77. The maximum absolute atomic E-state index is 11.1. The number of aromatic nitrogens is 1. The highest BCUT2D eigenvalue weighted by atomic mass is 127. The van der Waals surface area contributed by atoms with Gasteiger partial charge in [0.25, 0.3) is 0 Å². The number of aromatic carboxylic acids is 1. The molecule has 1 heterocycles. The molecular formula is C13H12INO3. The van der Waals surface area contributed by atoms with Crippen LogP contribution in [0.4, 0.5) is 0 Å². The highest BCUT2D eigenvalue weighted by Gasteiger charge is 2.22. The van der Waals surface area contributed by atoms with Crippen molar-refractivity contribution in [3.05, 3.63) is 39.3 Å². The Balaban J connectivity index is 2.49. The van der Waals surface area contributed by atoms with Gasteiger partial charge in [0.1, 0.15) is 0 Å². The Morgan fingerprint density at radius 3 is 2.39 bits per heavy atom. The SMILES string of the molecule is CC(C)c1nc(-c2ccc(I)cc2)oc1C(=O)O. The van der Waals surface area contributed by atoms with E-state index in [1.807, 2.05) is 38.1 Å².